The first kappa shape index (κ1) is 27.0. The number of rotatable bonds is 8. The molecule has 1 saturated heterocycles. The molecule has 2 heterocycles. The number of halogens is 1. The largest absolute Gasteiger partial charge is 0.489 e. The molecule has 11 heteroatoms. The number of nitrogens with zero attached hydrogens (tertiary/aromatic N) is 2. The number of hydrogen-bond donors (Lipinski definition) is 3. The van der Waals surface area contributed by atoms with Crippen molar-refractivity contribution in [3.63, 3.8) is 0 Å². The fourth-order valence-corrected chi connectivity index (χ4v) is 5.04. The molecule has 2 aromatic rings. The van der Waals surface area contributed by atoms with E-state index in [4.69, 9.17) is 16.2 Å². The van der Waals surface area contributed by atoms with Gasteiger partial charge in [-0.25, -0.2) is 4.39 Å². The Hall–Kier alpha value is -4.54. The van der Waals surface area contributed by atoms with Gasteiger partial charge in [-0.3, -0.25) is 24.5 Å². The molecule has 2 aliphatic heterocycles. The van der Waals surface area contributed by atoms with E-state index in [1.807, 2.05) is 0 Å². The van der Waals surface area contributed by atoms with E-state index in [0.29, 0.717) is 28.5 Å². The van der Waals surface area contributed by atoms with Crippen LogP contribution in [-0.2, 0) is 34.0 Å². The van der Waals surface area contributed by atoms with E-state index in [1.54, 1.807) is 36.4 Å². The van der Waals surface area contributed by atoms with E-state index in [9.17, 15) is 23.6 Å². The van der Waals surface area contributed by atoms with Gasteiger partial charge in [-0.15, -0.1) is 0 Å². The van der Waals surface area contributed by atoms with Crippen molar-refractivity contribution >= 4 is 29.5 Å². The number of fused-ring (bicyclic) bond motifs is 1. The SMILES string of the molecule is NC(/C=C(\N)C1CCC1)=NC(=O)Cc1ccc(OCc2cc3c(cc2F)C(=O)N(C2CCC(=O)NC2=O)C3)cc1. The summed E-state index contributed by atoms with van der Waals surface area (Å²) in [6.45, 7) is 0.0615. The van der Waals surface area contributed by atoms with Crippen LogP contribution in [0.25, 0.3) is 0 Å². The van der Waals surface area contributed by atoms with Crippen LogP contribution in [0.2, 0.25) is 0 Å². The number of benzene rings is 2. The summed E-state index contributed by atoms with van der Waals surface area (Å²) in [4.78, 5) is 54.1. The van der Waals surface area contributed by atoms with Crippen LogP contribution in [0.3, 0.4) is 0 Å². The predicted molar refractivity (Wildman–Crippen MR) is 143 cm³/mol. The molecule has 10 nitrogen and oxygen atoms in total. The van der Waals surface area contributed by atoms with Gasteiger partial charge in [-0.05, 0) is 66.6 Å². The van der Waals surface area contributed by atoms with E-state index >= 15 is 0 Å². The van der Waals surface area contributed by atoms with Gasteiger partial charge in [0.2, 0.25) is 11.8 Å². The van der Waals surface area contributed by atoms with Crippen LogP contribution in [0.1, 0.15) is 59.2 Å². The lowest BCUT2D eigenvalue weighted by atomic mass is 9.83. The highest BCUT2D eigenvalue weighted by Crippen LogP contribution is 2.31. The molecule has 2 aromatic carbocycles. The van der Waals surface area contributed by atoms with Gasteiger partial charge in [-0.1, -0.05) is 18.6 Å². The summed E-state index contributed by atoms with van der Waals surface area (Å²) >= 11 is 0. The van der Waals surface area contributed by atoms with E-state index in [1.165, 1.54) is 4.90 Å². The number of aliphatic imine (C=N–C) groups is 1. The maximum atomic E-state index is 14.8. The summed E-state index contributed by atoms with van der Waals surface area (Å²) in [5.41, 5.74) is 14.2. The van der Waals surface area contributed by atoms with Crippen molar-refractivity contribution in [2.45, 2.75) is 57.7 Å². The van der Waals surface area contributed by atoms with Gasteiger partial charge in [-0.2, -0.15) is 4.99 Å². The summed E-state index contributed by atoms with van der Waals surface area (Å²) in [5.74, 6) is -1.45. The zero-order chi connectivity index (χ0) is 28.4. The molecular weight excluding hydrogens is 517 g/mol. The molecule has 2 fully saturated rings. The topological polar surface area (TPSA) is 157 Å². The standard InChI is InChI=1S/C29H30FN5O5/c30-22-12-21-18(14-35(29(21)39)24-8-9-26(36)34-28(24)38)11-19(22)15-40-20-6-4-16(5-7-20)10-27(37)33-25(32)13-23(31)17-2-1-3-17/h4-7,11-13,17,24H,1-3,8-10,14-15,31H2,(H2,32,33,37)(H,34,36,38)/b23-13-. The number of hydrogen-bond acceptors (Lipinski definition) is 6. The summed E-state index contributed by atoms with van der Waals surface area (Å²) in [6.07, 6.45) is 5.18. The molecule has 4 amide bonds. The van der Waals surface area contributed by atoms with Gasteiger partial charge in [0, 0.05) is 29.8 Å². The molecule has 0 aromatic heterocycles. The summed E-state index contributed by atoms with van der Waals surface area (Å²) in [6, 6.07) is 8.73. The molecule has 1 unspecified atom stereocenters. The van der Waals surface area contributed by atoms with Crippen LogP contribution in [0.15, 0.2) is 53.2 Å². The fourth-order valence-electron chi connectivity index (χ4n) is 5.04. The first-order valence-electron chi connectivity index (χ1n) is 13.2. The van der Waals surface area contributed by atoms with E-state index in [-0.39, 0.29) is 55.3 Å². The number of imide groups is 1. The second-order valence-corrected chi connectivity index (χ2v) is 10.3. The number of carbonyl (C=O) groups is 4. The Morgan fingerprint density at radius 1 is 1.12 bits per heavy atom. The van der Waals surface area contributed by atoms with Crippen molar-refractivity contribution in [2.75, 3.05) is 0 Å². The normalized spacial score (nSPS) is 19.8. The smallest absolute Gasteiger partial charge is 0.255 e. The zero-order valence-electron chi connectivity index (χ0n) is 21.8. The number of allylic oxidation sites excluding steroid dienone is 1. The lowest BCUT2D eigenvalue weighted by molar-refractivity contribution is -0.137. The number of nitrogens with one attached hydrogen (secondary N) is 1. The van der Waals surface area contributed by atoms with Crippen molar-refractivity contribution in [3.8, 4) is 5.75 Å². The molecule has 5 rings (SSSR count). The van der Waals surface area contributed by atoms with Crippen LogP contribution < -0.4 is 21.5 Å². The second kappa shape index (κ2) is 11.3. The maximum absolute atomic E-state index is 14.8. The van der Waals surface area contributed by atoms with Crippen LogP contribution in [0.4, 0.5) is 4.39 Å². The molecule has 0 spiro atoms. The van der Waals surface area contributed by atoms with Crippen molar-refractivity contribution in [2.24, 2.45) is 22.4 Å². The Morgan fingerprint density at radius 2 is 1.88 bits per heavy atom. The summed E-state index contributed by atoms with van der Waals surface area (Å²) in [7, 11) is 0. The first-order valence-corrected chi connectivity index (χ1v) is 13.2. The number of nitrogens with two attached hydrogens (primary N) is 2. The molecule has 3 aliphatic rings. The van der Waals surface area contributed by atoms with E-state index < -0.39 is 29.6 Å². The molecule has 1 aliphatic carbocycles. The minimum absolute atomic E-state index is 0.0509. The quantitative estimate of drug-likeness (QED) is 0.260. The lowest BCUT2D eigenvalue weighted by Gasteiger charge is -2.29. The lowest BCUT2D eigenvalue weighted by Crippen LogP contribution is -2.52. The van der Waals surface area contributed by atoms with E-state index in [0.717, 1.165) is 25.3 Å². The average Bonchev–Trinajstić information content (AvgIpc) is 3.17. The third-order valence-electron chi connectivity index (χ3n) is 7.51. The van der Waals surface area contributed by atoms with Crippen molar-refractivity contribution in [3.05, 3.63) is 76.2 Å². The number of piperidine rings is 1. The van der Waals surface area contributed by atoms with Crippen LogP contribution in [0.5, 0.6) is 5.75 Å². The van der Waals surface area contributed by atoms with E-state index in [2.05, 4.69) is 10.3 Å². The maximum Gasteiger partial charge on any atom is 0.255 e. The Kier molecular flexibility index (Phi) is 7.63. The molecular formula is C29H30FN5O5. The monoisotopic (exact) mass is 547 g/mol. The summed E-state index contributed by atoms with van der Waals surface area (Å²) < 4.78 is 20.6. The molecule has 208 valence electrons. The number of amides is 4. The predicted octanol–water partition coefficient (Wildman–Crippen LogP) is 2.23. The molecule has 1 saturated carbocycles. The van der Waals surface area contributed by atoms with Gasteiger partial charge in [0.25, 0.3) is 11.8 Å². The average molecular weight is 548 g/mol. The Bertz CT molecular complexity index is 1430. The molecule has 5 N–H and O–H groups in total. The number of amidine groups is 1. The number of ether oxygens (including phenoxy) is 1. The highest BCUT2D eigenvalue weighted by atomic mass is 19.1. The van der Waals surface area contributed by atoms with Gasteiger partial charge < -0.3 is 21.1 Å². The third-order valence-corrected chi connectivity index (χ3v) is 7.51. The van der Waals surface area contributed by atoms with Gasteiger partial charge in [0.05, 0.1) is 6.42 Å². The molecule has 1 atom stereocenters. The van der Waals surface area contributed by atoms with Gasteiger partial charge in [0.1, 0.15) is 30.1 Å². The Labute approximate surface area is 230 Å². The molecule has 40 heavy (non-hydrogen) atoms. The second-order valence-electron chi connectivity index (χ2n) is 10.3. The fraction of sp³-hybridized carbons (Fsp3) is 0.345. The zero-order valence-corrected chi connectivity index (χ0v) is 21.8. The minimum Gasteiger partial charge on any atom is -0.489 e. The third kappa shape index (κ3) is 5.88. The van der Waals surface area contributed by atoms with Crippen LogP contribution in [-0.4, -0.2) is 40.4 Å². The highest BCUT2D eigenvalue weighted by molar-refractivity contribution is 6.05. The van der Waals surface area contributed by atoms with Crippen LogP contribution in [0, 0.1) is 11.7 Å². The van der Waals surface area contributed by atoms with Gasteiger partial charge >= 0.3 is 0 Å². The van der Waals surface area contributed by atoms with Crippen molar-refractivity contribution in [1.82, 2.24) is 10.2 Å². The van der Waals surface area contributed by atoms with Crippen molar-refractivity contribution in [1.29, 1.82) is 0 Å². The minimum atomic E-state index is -0.769. The van der Waals surface area contributed by atoms with Gasteiger partial charge in [0.15, 0.2) is 0 Å². The van der Waals surface area contributed by atoms with Crippen molar-refractivity contribution < 1.29 is 28.3 Å². The van der Waals surface area contributed by atoms with Crippen LogP contribution >= 0.6 is 0 Å². The number of carbonyl (C=O) groups excluding carboxylic acids is 4. The molecule has 0 bridgehead atoms. The highest BCUT2D eigenvalue weighted by Gasteiger charge is 2.39. The Balaban J connectivity index is 1.17. The first-order chi connectivity index (χ1) is 19.2. The molecule has 0 radical (unpaired) electrons. The summed E-state index contributed by atoms with van der Waals surface area (Å²) in [5, 5.41) is 2.25. The Morgan fingerprint density at radius 3 is 2.55 bits per heavy atom.